The van der Waals surface area contributed by atoms with Crippen LogP contribution in [0.25, 0.3) is 22.3 Å². The number of nitrogens with one attached hydrogen (secondary N) is 2. The maximum Gasteiger partial charge on any atom is 0.416 e. The molecule has 4 aromatic rings. The molecule has 2 N–H and O–H groups in total. The Morgan fingerprint density at radius 2 is 1.76 bits per heavy atom. The van der Waals surface area contributed by atoms with E-state index in [4.69, 9.17) is 16.9 Å². The molecular formula is C23H16ClF3N6. The van der Waals surface area contributed by atoms with Crippen LogP contribution in [0.4, 0.5) is 24.8 Å². The number of pyridine rings is 1. The van der Waals surface area contributed by atoms with Crippen molar-refractivity contribution in [3.63, 3.8) is 0 Å². The molecule has 2 heterocycles. The van der Waals surface area contributed by atoms with Gasteiger partial charge in [-0.15, -0.1) is 0 Å². The van der Waals surface area contributed by atoms with Gasteiger partial charge in [0.15, 0.2) is 5.82 Å². The van der Waals surface area contributed by atoms with Crippen LogP contribution >= 0.6 is 11.6 Å². The Morgan fingerprint density at radius 3 is 2.48 bits per heavy atom. The lowest BCUT2D eigenvalue weighted by atomic mass is 10.1. The van der Waals surface area contributed by atoms with E-state index in [1.807, 2.05) is 18.2 Å². The van der Waals surface area contributed by atoms with Gasteiger partial charge in [-0.05, 0) is 42.5 Å². The molecule has 0 amide bonds. The molecule has 0 unspecified atom stereocenters. The third kappa shape index (κ3) is 5.13. The second-order valence-corrected chi connectivity index (χ2v) is 7.41. The van der Waals surface area contributed by atoms with E-state index in [9.17, 15) is 13.2 Å². The fourth-order valence-electron chi connectivity index (χ4n) is 3.14. The second kappa shape index (κ2) is 9.30. The quantitative estimate of drug-likeness (QED) is 0.350. The van der Waals surface area contributed by atoms with E-state index in [1.54, 1.807) is 24.3 Å². The first kappa shape index (κ1) is 22.3. The molecule has 0 aliphatic carbocycles. The summed E-state index contributed by atoms with van der Waals surface area (Å²) in [6.45, 7) is 0.926. The molecule has 166 valence electrons. The topological polar surface area (TPSA) is 86.5 Å². The third-order valence-electron chi connectivity index (χ3n) is 4.75. The zero-order valence-electron chi connectivity index (χ0n) is 17.0. The fraction of sp³-hybridized carbons (Fsp3) is 0.130. The molecule has 6 nitrogen and oxygen atoms in total. The number of benzene rings is 2. The molecule has 0 bridgehead atoms. The maximum absolute atomic E-state index is 13.2. The van der Waals surface area contributed by atoms with Crippen molar-refractivity contribution >= 4 is 34.1 Å². The Kier molecular flexibility index (Phi) is 6.29. The molecule has 4 rings (SSSR count). The summed E-state index contributed by atoms with van der Waals surface area (Å²) in [5.74, 6) is 1.17. The lowest BCUT2D eigenvalue weighted by Crippen LogP contribution is -2.15. The Balaban J connectivity index is 1.59. The van der Waals surface area contributed by atoms with Crippen molar-refractivity contribution in [2.75, 3.05) is 23.7 Å². The predicted octanol–water partition coefficient (Wildman–Crippen LogP) is 5.76. The molecule has 10 heteroatoms. The zero-order chi connectivity index (χ0) is 23.4. The number of nitrogens with zero attached hydrogens (tertiary/aromatic N) is 4. The predicted molar refractivity (Wildman–Crippen MR) is 121 cm³/mol. The normalized spacial score (nSPS) is 11.2. The van der Waals surface area contributed by atoms with Crippen molar-refractivity contribution < 1.29 is 13.2 Å². The van der Waals surface area contributed by atoms with Gasteiger partial charge in [0, 0.05) is 30.2 Å². The van der Waals surface area contributed by atoms with E-state index >= 15 is 0 Å². The number of hydrogen-bond acceptors (Lipinski definition) is 6. The highest BCUT2D eigenvalue weighted by Crippen LogP contribution is 2.36. The summed E-state index contributed by atoms with van der Waals surface area (Å²) in [6, 6.07) is 15.6. The molecule has 0 aliphatic rings. The van der Waals surface area contributed by atoms with E-state index in [2.05, 4.69) is 25.6 Å². The number of halogens is 4. The standard InChI is InChI=1S/C23H16ClF3N6/c24-18-7-6-15(23(25,26)27)11-17(18)22-32-19-4-2-1-3-16(19)21(33-22)30-10-9-29-20-8-5-14(12-28)13-31-20/h1-8,11,13H,9-10H2,(H,29,31)(H,30,32,33). The third-order valence-corrected chi connectivity index (χ3v) is 5.08. The average Bonchev–Trinajstić information content (AvgIpc) is 2.81. The van der Waals surface area contributed by atoms with Gasteiger partial charge < -0.3 is 10.6 Å². The van der Waals surface area contributed by atoms with Gasteiger partial charge in [-0.2, -0.15) is 18.4 Å². The summed E-state index contributed by atoms with van der Waals surface area (Å²) in [4.78, 5) is 13.0. The highest BCUT2D eigenvalue weighted by Gasteiger charge is 2.31. The van der Waals surface area contributed by atoms with Crippen LogP contribution in [-0.4, -0.2) is 28.0 Å². The van der Waals surface area contributed by atoms with Crippen LogP contribution in [0, 0.1) is 11.3 Å². The molecule has 2 aromatic heterocycles. The Hall–Kier alpha value is -3.90. The van der Waals surface area contributed by atoms with Crippen molar-refractivity contribution in [1.82, 2.24) is 15.0 Å². The summed E-state index contributed by atoms with van der Waals surface area (Å²) >= 11 is 6.20. The number of nitriles is 1. The summed E-state index contributed by atoms with van der Waals surface area (Å²) < 4.78 is 39.6. The number of fused-ring (bicyclic) bond motifs is 1. The van der Waals surface area contributed by atoms with Crippen LogP contribution in [0.3, 0.4) is 0 Å². The van der Waals surface area contributed by atoms with Crippen molar-refractivity contribution in [1.29, 1.82) is 5.26 Å². The highest BCUT2D eigenvalue weighted by atomic mass is 35.5. The SMILES string of the molecule is N#Cc1ccc(NCCNc2nc(-c3cc(C(F)(F)F)ccc3Cl)nc3ccccc23)nc1. The van der Waals surface area contributed by atoms with Gasteiger partial charge in [0.25, 0.3) is 0 Å². The molecule has 0 saturated carbocycles. The number of para-hydroxylation sites is 1. The lowest BCUT2D eigenvalue weighted by Gasteiger charge is -2.13. The summed E-state index contributed by atoms with van der Waals surface area (Å²) in [7, 11) is 0. The van der Waals surface area contributed by atoms with E-state index in [1.165, 1.54) is 12.3 Å². The molecule has 0 aliphatic heterocycles. The number of alkyl halides is 3. The second-order valence-electron chi connectivity index (χ2n) is 7.00. The molecular weight excluding hydrogens is 453 g/mol. The minimum atomic E-state index is -4.51. The van der Waals surface area contributed by atoms with E-state index in [-0.39, 0.29) is 16.4 Å². The van der Waals surface area contributed by atoms with Crippen LogP contribution in [0.5, 0.6) is 0 Å². The molecule has 0 spiro atoms. The minimum Gasteiger partial charge on any atom is -0.368 e. The van der Waals surface area contributed by atoms with Gasteiger partial charge in [0.1, 0.15) is 17.7 Å². The summed E-state index contributed by atoms with van der Waals surface area (Å²) in [6.07, 6.45) is -3.04. The highest BCUT2D eigenvalue weighted by molar-refractivity contribution is 6.33. The number of aromatic nitrogens is 3. The number of rotatable bonds is 6. The van der Waals surface area contributed by atoms with E-state index in [0.29, 0.717) is 35.8 Å². The number of hydrogen-bond donors (Lipinski definition) is 2. The maximum atomic E-state index is 13.2. The molecule has 2 aromatic carbocycles. The van der Waals surface area contributed by atoms with E-state index in [0.717, 1.165) is 17.5 Å². The van der Waals surface area contributed by atoms with Gasteiger partial charge in [-0.25, -0.2) is 15.0 Å². The molecule has 33 heavy (non-hydrogen) atoms. The van der Waals surface area contributed by atoms with Gasteiger partial charge >= 0.3 is 6.18 Å². The van der Waals surface area contributed by atoms with Gasteiger partial charge in [-0.1, -0.05) is 23.7 Å². The van der Waals surface area contributed by atoms with Gasteiger partial charge in [0.05, 0.1) is 21.7 Å². The van der Waals surface area contributed by atoms with Gasteiger partial charge in [-0.3, -0.25) is 0 Å². The van der Waals surface area contributed by atoms with Crippen LogP contribution in [0.15, 0.2) is 60.8 Å². The zero-order valence-corrected chi connectivity index (χ0v) is 17.7. The molecule has 0 saturated heterocycles. The van der Waals surface area contributed by atoms with Crippen molar-refractivity contribution in [2.24, 2.45) is 0 Å². The van der Waals surface area contributed by atoms with Crippen LogP contribution in [-0.2, 0) is 6.18 Å². The first-order chi connectivity index (χ1) is 15.8. The van der Waals surface area contributed by atoms with Crippen LogP contribution in [0.2, 0.25) is 5.02 Å². The first-order valence-corrected chi connectivity index (χ1v) is 10.2. The van der Waals surface area contributed by atoms with Crippen molar-refractivity contribution in [3.05, 3.63) is 76.9 Å². The largest absolute Gasteiger partial charge is 0.416 e. The van der Waals surface area contributed by atoms with Crippen LogP contribution in [0.1, 0.15) is 11.1 Å². The molecule has 0 radical (unpaired) electrons. The first-order valence-electron chi connectivity index (χ1n) is 9.83. The van der Waals surface area contributed by atoms with Crippen molar-refractivity contribution in [2.45, 2.75) is 6.18 Å². The Bertz CT molecular complexity index is 1330. The Morgan fingerprint density at radius 1 is 0.970 bits per heavy atom. The molecule has 0 atom stereocenters. The lowest BCUT2D eigenvalue weighted by molar-refractivity contribution is -0.137. The fourth-order valence-corrected chi connectivity index (χ4v) is 3.34. The number of anilines is 2. The summed E-state index contributed by atoms with van der Waals surface area (Å²) in [5.41, 5.74) is 0.305. The molecule has 0 fully saturated rings. The van der Waals surface area contributed by atoms with Gasteiger partial charge in [0.2, 0.25) is 0 Å². The summed E-state index contributed by atoms with van der Waals surface area (Å²) in [5, 5.41) is 16.0. The van der Waals surface area contributed by atoms with E-state index < -0.39 is 11.7 Å². The van der Waals surface area contributed by atoms with Crippen LogP contribution < -0.4 is 10.6 Å². The monoisotopic (exact) mass is 468 g/mol. The minimum absolute atomic E-state index is 0.0917. The van der Waals surface area contributed by atoms with Crippen molar-refractivity contribution in [3.8, 4) is 17.5 Å². The smallest absolute Gasteiger partial charge is 0.368 e. The Labute approximate surface area is 192 Å². The average molecular weight is 469 g/mol.